The van der Waals surface area contributed by atoms with E-state index in [4.69, 9.17) is 13.9 Å². The van der Waals surface area contributed by atoms with Gasteiger partial charge < -0.3 is 19.0 Å². The molecule has 0 radical (unpaired) electrons. The number of furan rings is 1. The number of rotatable bonds is 10. The maximum absolute atomic E-state index is 13.3. The van der Waals surface area contributed by atoms with Gasteiger partial charge in [-0.2, -0.15) is 0 Å². The minimum atomic E-state index is -1.10. The van der Waals surface area contributed by atoms with E-state index in [1.807, 2.05) is 0 Å². The molecule has 38 heavy (non-hydrogen) atoms. The molecule has 3 aromatic rings. The topological polar surface area (TPSA) is 119 Å². The molecule has 2 aromatic heterocycles. The average Bonchev–Trinajstić information content (AvgIpc) is 3.58. The number of amides is 1. The van der Waals surface area contributed by atoms with Crippen LogP contribution in [0.15, 0.2) is 59.0 Å². The lowest BCUT2D eigenvalue weighted by Crippen LogP contribution is -2.29. The number of benzene rings is 1. The van der Waals surface area contributed by atoms with E-state index in [9.17, 15) is 19.5 Å². The minimum absolute atomic E-state index is 0.0168. The molecule has 9 nitrogen and oxygen atoms in total. The third kappa shape index (κ3) is 5.26. The zero-order valence-corrected chi connectivity index (χ0v) is 22.2. The Balaban J connectivity index is 1.80. The van der Waals surface area contributed by atoms with E-state index < -0.39 is 23.7 Å². The lowest BCUT2D eigenvalue weighted by atomic mass is 9.99. The summed E-state index contributed by atoms with van der Waals surface area (Å²) in [5, 5.41) is 11.4. The van der Waals surface area contributed by atoms with Gasteiger partial charge in [0.25, 0.3) is 5.78 Å². The van der Waals surface area contributed by atoms with Crippen molar-refractivity contribution in [1.29, 1.82) is 0 Å². The van der Waals surface area contributed by atoms with Crippen molar-refractivity contribution in [2.45, 2.75) is 39.7 Å². The fourth-order valence-electron chi connectivity index (χ4n) is 4.00. The molecular formula is C28H28N2O7S. The maximum atomic E-state index is 13.3. The van der Waals surface area contributed by atoms with Crippen LogP contribution in [0.2, 0.25) is 0 Å². The molecule has 1 unspecified atom stereocenters. The summed E-state index contributed by atoms with van der Waals surface area (Å²) in [5.41, 5.74) is 0.500. The van der Waals surface area contributed by atoms with Crippen LogP contribution >= 0.6 is 11.3 Å². The lowest BCUT2D eigenvalue weighted by molar-refractivity contribution is -0.132. The van der Waals surface area contributed by atoms with Crippen molar-refractivity contribution >= 4 is 39.9 Å². The minimum Gasteiger partial charge on any atom is -0.507 e. The fourth-order valence-corrected chi connectivity index (χ4v) is 4.98. The second-order valence-corrected chi connectivity index (χ2v) is 9.62. The van der Waals surface area contributed by atoms with Gasteiger partial charge in [-0.05, 0) is 44.5 Å². The number of aromatic nitrogens is 1. The van der Waals surface area contributed by atoms with E-state index in [0.29, 0.717) is 29.4 Å². The summed E-state index contributed by atoms with van der Waals surface area (Å²) in [6.07, 6.45) is 3.28. The predicted octanol–water partition coefficient (Wildman–Crippen LogP) is 5.50. The van der Waals surface area contributed by atoms with E-state index in [0.717, 1.165) is 29.1 Å². The molecule has 198 valence electrons. The summed E-state index contributed by atoms with van der Waals surface area (Å²) in [7, 11) is 0. The molecule has 3 heterocycles. The second-order valence-electron chi connectivity index (χ2n) is 8.65. The molecule has 1 amide bonds. The Hall–Kier alpha value is -4.18. The fraction of sp³-hybridized carbons (Fsp3) is 0.286. The Morgan fingerprint density at radius 2 is 2.05 bits per heavy atom. The Labute approximate surface area is 224 Å². The van der Waals surface area contributed by atoms with Crippen LogP contribution in [0.5, 0.6) is 5.75 Å². The molecule has 1 aliphatic heterocycles. The number of carbonyl (C=O) groups excluding carboxylic acids is 3. The van der Waals surface area contributed by atoms with Gasteiger partial charge in [-0.15, -0.1) is 0 Å². The van der Waals surface area contributed by atoms with Crippen LogP contribution < -0.4 is 9.64 Å². The average molecular weight is 537 g/mol. The molecule has 4 rings (SSSR count). The molecule has 0 aliphatic carbocycles. The molecule has 0 spiro atoms. The Morgan fingerprint density at radius 1 is 1.26 bits per heavy atom. The molecule has 1 aromatic carbocycles. The van der Waals surface area contributed by atoms with E-state index in [2.05, 4.69) is 18.5 Å². The van der Waals surface area contributed by atoms with Gasteiger partial charge in [-0.1, -0.05) is 49.5 Å². The van der Waals surface area contributed by atoms with Gasteiger partial charge in [0.15, 0.2) is 5.13 Å². The van der Waals surface area contributed by atoms with Crippen LogP contribution in [0.3, 0.4) is 0 Å². The van der Waals surface area contributed by atoms with Gasteiger partial charge in [0.2, 0.25) is 0 Å². The smallest absolute Gasteiger partial charge is 0.350 e. The van der Waals surface area contributed by atoms with E-state index in [1.165, 1.54) is 6.08 Å². The summed E-state index contributed by atoms with van der Waals surface area (Å²) in [5.74, 6) is -1.44. The summed E-state index contributed by atoms with van der Waals surface area (Å²) in [4.78, 5) is 44.9. The largest absolute Gasteiger partial charge is 0.507 e. The van der Waals surface area contributed by atoms with Crippen molar-refractivity contribution in [3.05, 3.63) is 82.3 Å². The van der Waals surface area contributed by atoms with Crippen LogP contribution in [0.25, 0.3) is 5.76 Å². The lowest BCUT2D eigenvalue weighted by Gasteiger charge is -2.20. The van der Waals surface area contributed by atoms with Crippen LogP contribution in [0, 0.1) is 13.8 Å². The van der Waals surface area contributed by atoms with Crippen molar-refractivity contribution in [2.75, 3.05) is 18.1 Å². The molecule has 1 saturated heterocycles. The number of aliphatic hydroxyl groups excluding tert-OH is 1. The first kappa shape index (κ1) is 26.9. The molecule has 10 heteroatoms. The number of thiazole rings is 1. The van der Waals surface area contributed by atoms with Crippen LogP contribution in [0.4, 0.5) is 5.13 Å². The predicted molar refractivity (Wildman–Crippen MR) is 142 cm³/mol. The first-order chi connectivity index (χ1) is 18.3. The van der Waals surface area contributed by atoms with Gasteiger partial charge in [-0.25, -0.2) is 9.78 Å². The Bertz CT molecular complexity index is 1420. The van der Waals surface area contributed by atoms with Crippen molar-refractivity contribution in [2.24, 2.45) is 0 Å². The Kier molecular flexibility index (Phi) is 8.11. The highest BCUT2D eigenvalue weighted by molar-refractivity contribution is 7.17. The number of aliphatic hydroxyl groups is 1. The number of hydrogen-bond acceptors (Lipinski definition) is 9. The number of aryl methyl sites for hydroxylation is 2. The van der Waals surface area contributed by atoms with Crippen LogP contribution in [-0.2, 0) is 14.3 Å². The van der Waals surface area contributed by atoms with Crippen molar-refractivity contribution < 1.29 is 33.4 Å². The second kappa shape index (κ2) is 11.5. The van der Waals surface area contributed by atoms with Gasteiger partial charge in [0.1, 0.15) is 40.6 Å². The maximum Gasteiger partial charge on any atom is 0.350 e. The summed E-state index contributed by atoms with van der Waals surface area (Å²) >= 11 is 0.917. The van der Waals surface area contributed by atoms with Gasteiger partial charge in [-0.3, -0.25) is 14.5 Å². The number of nitrogens with zero attached hydrogens (tertiary/aromatic N) is 2. The third-order valence-electron chi connectivity index (χ3n) is 5.86. The highest BCUT2D eigenvalue weighted by Gasteiger charge is 2.50. The molecule has 0 saturated carbocycles. The molecule has 1 atom stereocenters. The van der Waals surface area contributed by atoms with Crippen molar-refractivity contribution in [3.8, 4) is 5.75 Å². The molecule has 0 bridgehead atoms. The number of carbonyl (C=O) groups is 3. The summed E-state index contributed by atoms with van der Waals surface area (Å²) < 4.78 is 16.7. The number of unbranched alkanes of at least 4 members (excludes halogenated alkanes) is 1. The summed E-state index contributed by atoms with van der Waals surface area (Å²) in [6, 6.07) is 8.92. The van der Waals surface area contributed by atoms with E-state index >= 15 is 0 Å². The van der Waals surface area contributed by atoms with E-state index in [-0.39, 0.29) is 33.7 Å². The number of hydrogen-bond donors (Lipinski definition) is 1. The highest BCUT2D eigenvalue weighted by Crippen LogP contribution is 2.44. The van der Waals surface area contributed by atoms with Gasteiger partial charge >= 0.3 is 11.9 Å². The SMILES string of the molecule is C=CCOC(=O)c1sc(N2C(=O)C(=O)/C(=C(/O)c3cccc(OCCCC)c3)C2c2ccc(C)o2)nc1C. The first-order valence-corrected chi connectivity index (χ1v) is 12.9. The number of ether oxygens (including phenoxy) is 2. The number of anilines is 1. The number of Topliss-reactive ketones (excluding diaryl/α,β-unsaturated/α-hetero) is 1. The highest BCUT2D eigenvalue weighted by atomic mass is 32.1. The molecule has 1 fully saturated rings. The zero-order chi connectivity index (χ0) is 27.4. The van der Waals surface area contributed by atoms with Crippen LogP contribution in [0.1, 0.15) is 58.3 Å². The normalized spacial score (nSPS) is 16.6. The first-order valence-electron chi connectivity index (χ1n) is 12.1. The molecule has 1 N–H and O–H groups in total. The molecular weight excluding hydrogens is 508 g/mol. The standard InChI is InChI=1S/C28H28N2O7S/c1-5-7-14-35-19-10-8-9-18(15-19)23(31)21-22(20-12-11-16(3)37-20)30(26(33)24(21)32)28-29-17(4)25(38-28)27(34)36-13-6-2/h6,8-12,15,22,31H,2,5,7,13-14H2,1,3-4H3/b23-21+. The quantitative estimate of drug-likeness (QED) is 0.0901. The Morgan fingerprint density at radius 3 is 2.74 bits per heavy atom. The van der Waals surface area contributed by atoms with Crippen molar-refractivity contribution in [3.63, 3.8) is 0 Å². The van der Waals surface area contributed by atoms with Gasteiger partial charge in [0, 0.05) is 5.56 Å². The summed E-state index contributed by atoms with van der Waals surface area (Å²) in [6.45, 7) is 9.45. The molecule has 1 aliphatic rings. The van der Waals surface area contributed by atoms with E-state index in [1.54, 1.807) is 50.2 Å². The van der Waals surface area contributed by atoms with Gasteiger partial charge in [0.05, 0.1) is 17.9 Å². The third-order valence-corrected chi connectivity index (χ3v) is 6.99. The zero-order valence-electron chi connectivity index (χ0n) is 21.4. The van der Waals surface area contributed by atoms with Crippen molar-refractivity contribution in [1.82, 2.24) is 4.98 Å². The number of ketones is 1. The number of esters is 1. The van der Waals surface area contributed by atoms with Crippen LogP contribution in [-0.4, -0.2) is 41.0 Å². The monoisotopic (exact) mass is 536 g/mol.